The van der Waals surface area contributed by atoms with Gasteiger partial charge in [0.05, 0.1) is 0 Å². The Morgan fingerprint density at radius 1 is 0.680 bits per heavy atom. The van der Waals surface area contributed by atoms with E-state index in [9.17, 15) is 9.59 Å². The molecule has 0 heterocycles. The molecule has 6 nitrogen and oxygen atoms in total. The Morgan fingerprint density at radius 3 is 1.24 bits per heavy atom. The molecule has 0 saturated heterocycles. The van der Waals surface area contributed by atoms with Gasteiger partial charge in [0.2, 0.25) is 0 Å². The van der Waals surface area contributed by atoms with Crippen LogP contribution in [-0.2, 0) is 15.7 Å². The first-order chi connectivity index (χ1) is 11.9. The van der Waals surface area contributed by atoms with Gasteiger partial charge in [-0.15, -0.1) is 0 Å². The molecule has 2 aromatic carbocycles. The molecule has 0 atom stereocenters. The fourth-order valence-corrected chi connectivity index (χ4v) is 10.6. The van der Waals surface area contributed by atoms with Gasteiger partial charge >= 0.3 is 152 Å². The molecule has 0 spiro atoms. The summed E-state index contributed by atoms with van der Waals surface area (Å²) in [4.78, 5) is 23.6. The fraction of sp³-hybridized carbons (Fsp3) is 0.222. The Bertz CT molecular complexity index is 674. The summed E-state index contributed by atoms with van der Waals surface area (Å²) < 4.78 is 23.1. The molecule has 0 aliphatic rings. The zero-order valence-corrected chi connectivity index (χ0v) is 17.4. The monoisotopic (exact) mass is 452 g/mol. The van der Waals surface area contributed by atoms with E-state index in [2.05, 4.69) is 0 Å². The third-order valence-corrected chi connectivity index (χ3v) is 13.0. The van der Waals surface area contributed by atoms with Gasteiger partial charge in [0.15, 0.2) is 0 Å². The van der Waals surface area contributed by atoms with Crippen molar-refractivity contribution in [2.45, 2.75) is 13.8 Å². The Hall–Kier alpha value is -2.22. The third-order valence-electron chi connectivity index (χ3n) is 3.52. The van der Waals surface area contributed by atoms with Gasteiger partial charge in [0.1, 0.15) is 0 Å². The van der Waals surface area contributed by atoms with Gasteiger partial charge in [-0.05, 0) is 0 Å². The van der Waals surface area contributed by atoms with Gasteiger partial charge in [-0.3, -0.25) is 0 Å². The molecule has 2 rings (SSSR count). The van der Waals surface area contributed by atoms with E-state index in [0.717, 1.165) is 0 Å². The Morgan fingerprint density at radius 2 is 1.00 bits per heavy atom. The van der Waals surface area contributed by atoms with Crippen LogP contribution in [-0.4, -0.2) is 45.4 Å². The van der Waals surface area contributed by atoms with Crippen LogP contribution < -0.4 is 16.6 Å². The number of ether oxygens (including phenoxy) is 2. The molecule has 132 valence electrons. The summed E-state index contributed by atoms with van der Waals surface area (Å²) in [7, 11) is 3.13. The van der Waals surface area contributed by atoms with Crippen molar-refractivity contribution in [3.8, 4) is 11.5 Å². The van der Waals surface area contributed by atoms with Gasteiger partial charge in [-0.1, -0.05) is 0 Å². The van der Waals surface area contributed by atoms with E-state index in [0.29, 0.717) is 18.7 Å². The molecule has 0 radical (unpaired) electrons. The zero-order valence-electron chi connectivity index (χ0n) is 14.6. The number of benzene rings is 2. The average molecular weight is 451 g/mol. The zero-order chi connectivity index (χ0) is 18.4. The van der Waals surface area contributed by atoms with Gasteiger partial charge in [-0.2, -0.15) is 0 Å². The number of methoxy groups -OCH3 is 2. The van der Waals surface area contributed by atoms with Crippen LogP contribution in [0.5, 0.6) is 11.5 Å². The molecule has 0 amide bonds. The second-order valence-corrected chi connectivity index (χ2v) is 13.2. The molecule has 0 fully saturated rings. The summed E-state index contributed by atoms with van der Waals surface area (Å²) in [5.41, 5.74) is 0. The van der Waals surface area contributed by atoms with Gasteiger partial charge in [-0.25, -0.2) is 0 Å². The maximum atomic E-state index is 11.8. The first-order valence-corrected chi connectivity index (χ1v) is 12.8. The van der Waals surface area contributed by atoms with E-state index in [1.807, 2.05) is 0 Å². The minimum absolute atomic E-state index is 0.497. The maximum absolute atomic E-state index is 11.8. The van der Waals surface area contributed by atoms with Gasteiger partial charge in [0, 0.05) is 0 Å². The minimum atomic E-state index is -4.51. The first kappa shape index (κ1) is 19.1. The van der Waals surface area contributed by atoms with Crippen LogP contribution in [0, 0.1) is 0 Å². The number of rotatable bonds is 6. The number of carbonyl (C=O) groups is 2. The van der Waals surface area contributed by atoms with Crippen LogP contribution in [0.2, 0.25) is 0 Å². The van der Waals surface area contributed by atoms with Crippen LogP contribution in [0.3, 0.4) is 0 Å². The number of hydrogen-bond acceptors (Lipinski definition) is 6. The molecular weight excluding hydrogens is 431 g/mol. The molecule has 0 unspecified atom stereocenters. The molecule has 0 bridgehead atoms. The predicted octanol–water partition coefficient (Wildman–Crippen LogP) is 1.39. The Labute approximate surface area is 151 Å². The second-order valence-electron chi connectivity index (χ2n) is 5.26. The van der Waals surface area contributed by atoms with Crippen LogP contribution >= 0.6 is 0 Å². The van der Waals surface area contributed by atoms with Crippen LogP contribution in [0.1, 0.15) is 13.8 Å². The predicted molar refractivity (Wildman–Crippen MR) is 94.5 cm³/mol. The van der Waals surface area contributed by atoms with E-state index in [1.54, 1.807) is 62.8 Å². The van der Waals surface area contributed by atoms with Crippen molar-refractivity contribution in [2.75, 3.05) is 14.2 Å². The molecule has 7 heteroatoms. The van der Waals surface area contributed by atoms with Crippen molar-refractivity contribution in [3.05, 3.63) is 48.5 Å². The van der Waals surface area contributed by atoms with Crippen molar-refractivity contribution in [1.82, 2.24) is 0 Å². The van der Waals surface area contributed by atoms with E-state index in [-0.39, 0.29) is 0 Å². The third kappa shape index (κ3) is 4.45. The van der Waals surface area contributed by atoms with Crippen LogP contribution in [0.25, 0.3) is 0 Å². The topological polar surface area (TPSA) is 71.1 Å². The second kappa shape index (κ2) is 8.24. The Balaban J connectivity index is 2.63. The van der Waals surface area contributed by atoms with Gasteiger partial charge in [0.25, 0.3) is 0 Å². The average Bonchev–Trinajstić information content (AvgIpc) is 2.60. The van der Waals surface area contributed by atoms with Gasteiger partial charge < -0.3 is 0 Å². The van der Waals surface area contributed by atoms with Crippen LogP contribution in [0.4, 0.5) is 0 Å². The van der Waals surface area contributed by atoms with Crippen molar-refractivity contribution >= 4 is 38.3 Å². The van der Waals surface area contributed by atoms with E-state index in [1.165, 1.54) is 13.8 Å². The van der Waals surface area contributed by atoms with Crippen molar-refractivity contribution in [2.24, 2.45) is 0 Å². The molecule has 0 N–H and O–H groups in total. The summed E-state index contributed by atoms with van der Waals surface area (Å²) in [5, 5.41) is 0. The molecule has 0 saturated carbocycles. The van der Waals surface area contributed by atoms with E-state index in [4.69, 9.17) is 15.6 Å². The molecular formula is C18H20O6Sn. The first-order valence-electron chi connectivity index (χ1n) is 7.59. The number of hydrogen-bond donors (Lipinski definition) is 0. The van der Waals surface area contributed by atoms with Crippen molar-refractivity contribution in [3.63, 3.8) is 0 Å². The fourth-order valence-electron chi connectivity index (χ4n) is 2.45. The van der Waals surface area contributed by atoms with E-state index >= 15 is 0 Å². The summed E-state index contributed by atoms with van der Waals surface area (Å²) >= 11 is -4.51. The number of carbonyl (C=O) groups excluding carboxylic acids is 2. The summed E-state index contributed by atoms with van der Waals surface area (Å²) in [6.45, 7) is 2.62. The summed E-state index contributed by atoms with van der Waals surface area (Å²) in [6, 6.07) is 14.1. The molecule has 25 heavy (non-hydrogen) atoms. The molecule has 2 aromatic rings. The summed E-state index contributed by atoms with van der Waals surface area (Å²) in [5.74, 6) is 0.320. The quantitative estimate of drug-likeness (QED) is 0.619. The van der Waals surface area contributed by atoms with Crippen molar-refractivity contribution in [1.29, 1.82) is 0 Å². The van der Waals surface area contributed by atoms with Crippen LogP contribution in [0.15, 0.2) is 48.5 Å². The SMILES string of the molecule is COc1cc[c]([Sn]([O]C(C)=O)([O]C(C)=O)[c]2ccc(OC)cc2)cc1. The van der Waals surface area contributed by atoms with E-state index < -0.39 is 31.1 Å². The molecule has 0 aliphatic carbocycles. The Kier molecular flexibility index (Phi) is 6.30. The van der Waals surface area contributed by atoms with Crippen molar-refractivity contribution < 1.29 is 25.2 Å². The molecule has 0 aliphatic heterocycles. The molecule has 0 aromatic heterocycles. The normalized spacial score (nSPS) is 10.7. The summed E-state index contributed by atoms with van der Waals surface area (Å²) in [6.07, 6.45) is 0. The standard InChI is InChI=1S/2C7H7O.2C2H4O2.Sn/c2*1-8-7-5-3-2-4-6-7;2*1-2(3)4;/h2*3-6H,1H3;2*1H3,(H,3,4);/q;;;;+2/p-2.